The van der Waals surface area contributed by atoms with Gasteiger partial charge in [-0.2, -0.15) is 5.10 Å². The van der Waals surface area contributed by atoms with Crippen molar-refractivity contribution in [2.45, 2.75) is 46.3 Å². The van der Waals surface area contributed by atoms with E-state index >= 15 is 0 Å². The SMILES string of the molecule is CCOC(=O)C1CCN(C(=O)[C@@H](C)OC(=O)c2nn(CC)c(=O)c3ccccc23)CC1. The average molecular weight is 429 g/mol. The summed E-state index contributed by atoms with van der Waals surface area (Å²) in [5, 5.41) is 4.90. The molecule has 0 N–H and O–H groups in total. The normalized spacial score (nSPS) is 15.5. The van der Waals surface area contributed by atoms with Crippen LogP contribution in [0, 0.1) is 5.92 Å². The standard InChI is InChI=1S/C22H27N3O6/c1-4-25-20(27)17-9-7-6-8-16(17)18(23-25)22(29)31-14(3)19(26)24-12-10-15(11-13-24)21(28)30-5-2/h6-9,14-15H,4-5,10-13H2,1-3H3/t14-/m1/s1. The zero-order valence-corrected chi connectivity index (χ0v) is 18.0. The van der Waals surface area contributed by atoms with Crippen LogP contribution >= 0.6 is 0 Å². The van der Waals surface area contributed by atoms with E-state index in [-0.39, 0.29) is 29.0 Å². The number of nitrogens with zero attached hydrogens (tertiary/aromatic N) is 3. The molecule has 0 spiro atoms. The smallest absolute Gasteiger partial charge is 0.360 e. The first-order chi connectivity index (χ1) is 14.9. The number of ether oxygens (including phenoxy) is 2. The van der Waals surface area contributed by atoms with Gasteiger partial charge in [0.1, 0.15) is 0 Å². The number of aromatic nitrogens is 2. The first-order valence-electron chi connectivity index (χ1n) is 10.5. The van der Waals surface area contributed by atoms with Gasteiger partial charge in [0.05, 0.1) is 17.9 Å². The van der Waals surface area contributed by atoms with Crippen molar-refractivity contribution in [1.82, 2.24) is 14.7 Å². The van der Waals surface area contributed by atoms with Gasteiger partial charge < -0.3 is 14.4 Å². The molecule has 1 aromatic heterocycles. The van der Waals surface area contributed by atoms with Crippen molar-refractivity contribution >= 4 is 28.6 Å². The van der Waals surface area contributed by atoms with E-state index in [2.05, 4.69) is 5.10 Å². The molecule has 1 aliphatic heterocycles. The second-order valence-electron chi connectivity index (χ2n) is 7.41. The predicted molar refractivity (Wildman–Crippen MR) is 112 cm³/mol. The number of aryl methyl sites for hydroxylation is 1. The molecule has 0 aliphatic carbocycles. The first kappa shape index (κ1) is 22.5. The molecule has 166 valence electrons. The Morgan fingerprint density at radius 3 is 2.39 bits per heavy atom. The Hall–Kier alpha value is -3.23. The molecule has 1 atom stereocenters. The van der Waals surface area contributed by atoms with Gasteiger partial charge in [-0.1, -0.05) is 18.2 Å². The summed E-state index contributed by atoms with van der Waals surface area (Å²) in [6, 6.07) is 6.68. The molecule has 3 rings (SSSR count). The van der Waals surface area contributed by atoms with Gasteiger partial charge in [0, 0.05) is 25.0 Å². The van der Waals surface area contributed by atoms with E-state index in [9.17, 15) is 19.2 Å². The maximum atomic E-state index is 12.8. The molecule has 9 nitrogen and oxygen atoms in total. The molecule has 1 saturated heterocycles. The number of likely N-dealkylation sites (tertiary alicyclic amines) is 1. The van der Waals surface area contributed by atoms with Crippen LogP contribution in [-0.2, 0) is 25.6 Å². The molecule has 0 saturated carbocycles. The topological polar surface area (TPSA) is 108 Å². The molecule has 0 unspecified atom stereocenters. The molecule has 31 heavy (non-hydrogen) atoms. The summed E-state index contributed by atoms with van der Waals surface area (Å²) in [5.74, 6) is -1.55. The number of hydrogen-bond donors (Lipinski definition) is 0. The minimum atomic E-state index is -1.02. The van der Waals surface area contributed by atoms with Crippen LogP contribution in [0.25, 0.3) is 10.8 Å². The van der Waals surface area contributed by atoms with E-state index in [4.69, 9.17) is 9.47 Å². The zero-order chi connectivity index (χ0) is 22.5. The Morgan fingerprint density at radius 1 is 1.13 bits per heavy atom. The average Bonchev–Trinajstić information content (AvgIpc) is 2.79. The molecule has 1 aromatic carbocycles. The number of carbonyl (C=O) groups is 3. The van der Waals surface area contributed by atoms with Crippen LogP contribution in [0.15, 0.2) is 29.1 Å². The lowest BCUT2D eigenvalue weighted by Gasteiger charge is -2.32. The predicted octanol–water partition coefficient (Wildman–Crippen LogP) is 1.76. The van der Waals surface area contributed by atoms with E-state index in [1.807, 2.05) is 0 Å². The molecule has 2 heterocycles. The van der Waals surface area contributed by atoms with Crippen molar-refractivity contribution in [3.63, 3.8) is 0 Å². The van der Waals surface area contributed by atoms with Gasteiger partial charge in [-0.25, -0.2) is 9.48 Å². The number of esters is 2. The van der Waals surface area contributed by atoms with Crippen molar-refractivity contribution in [3.05, 3.63) is 40.3 Å². The van der Waals surface area contributed by atoms with E-state index in [1.54, 1.807) is 43.0 Å². The highest BCUT2D eigenvalue weighted by atomic mass is 16.5. The second kappa shape index (κ2) is 9.72. The molecule has 0 bridgehead atoms. The molecule has 1 aliphatic rings. The largest absolute Gasteiger partial charge is 0.466 e. The molecule has 2 aromatic rings. The lowest BCUT2D eigenvalue weighted by molar-refractivity contribution is -0.152. The fourth-order valence-electron chi connectivity index (χ4n) is 3.72. The van der Waals surface area contributed by atoms with Crippen molar-refractivity contribution < 1.29 is 23.9 Å². The van der Waals surface area contributed by atoms with Gasteiger partial charge >= 0.3 is 11.9 Å². The van der Waals surface area contributed by atoms with Crippen LogP contribution in [0.3, 0.4) is 0 Å². The zero-order valence-electron chi connectivity index (χ0n) is 18.0. The van der Waals surface area contributed by atoms with Gasteiger partial charge in [0.25, 0.3) is 11.5 Å². The van der Waals surface area contributed by atoms with Crippen molar-refractivity contribution in [2.24, 2.45) is 5.92 Å². The third-order valence-corrected chi connectivity index (χ3v) is 5.42. The Bertz CT molecular complexity index is 1040. The fraction of sp³-hybridized carbons (Fsp3) is 0.500. The molecular weight excluding hydrogens is 402 g/mol. The summed E-state index contributed by atoms with van der Waals surface area (Å²) < 4.78 is 11.7. The number of rotatable bonds is 6. The molecule has 0 radical (unpaired) electrons. The van der Waals surface area contributed by atoms with Crippen molar-refractivity contribution in [1.29, 1.82) is 0 Å². The summed E-state index contributed by atoms with van der Waals surface area (Å²) in [4.78, 5) is 51.5. The van der Waals surface area contributed by atoms with Gasteiger partial charge in [0.2, 0.25) is 0 Å². The quantitative estimate of drug-likeness (QED) is 0.644. The highest BCUT2D eigenvalue weighted by Gasteiger charge is 2.32. The van der Waals surface area contributed by atoms with E-state index in [0.29, 0.717) is 49.9 Å². The lowest BCUT2D eigenvalue weighted by Crippen LogP contribution is -2.45. The van der Waals surface area contributed by atoms with Crippen LogP contribution in [0.2, 0.25) is 0 Å². The number of piperidine rings is 1. The Labute approximate surface area is 179 Å². The summed E-state index contributed by atoms with van der Waals surface area (Å²) in [6.07, 6.45) is 0.00634. The minimum absolute atomic E-state index is 0.00211. The Kier molecular flexibility index (Phi) is 7.04. The second-order valence-corrected chi connectivity index (χ2v) is 7.41. The highest BCUT2D eigenvalue weighted by molar-refractivity contribution is 6.02. The minimum Gasteiger partial charge on any atom is -0.466 e. The summed E-state index contributed by atoms with van der Waals surface area (Å²) in [7, 11) is 0. The molecule has 1 fully saturated rings. The van der Waals surface area contributed by atoms with E-state index in [0.717, 1.165) is 0 Å². The maximum Gasteiger partial charge on any atom is 0.360 e. The summed E-state index contributed by atoms with van der Waals surface area (Å²) in [6.45, 7) is 6.45. The maximum absolute atomic E-state index is 12.8. The fourth-order valence-corrected chi connectivity index (χ4v) is 3.72. The van der Waals surface area contributed by atoms with Crippen LogP contribution in [0.4, 0.5) is 0 Å². The monoisotopic (exact) mass is 429 g/mol. The highest BCUT2D eigenvalue weighted by Crippen LogP contribution is 2.20. The van der Waals surface area contributed by atoms with Crippen LogP contribution < -0.4 is 5.56 Å². The van der Waals surface area contributed by atoms with Crippen LogP contribution in [0.1, 0.15) is 44.1 Å². The van der Waals surface area contributed by atoms with Gasteiger partial charge in [-0.3, -0.25) is 14.4 Å². The molecular formula is C22H27N3O6. The van der Waals surface area contributed by atoms with Gasteiger partial charge in [0.15, 0.2) is 11.8 Å². The Morgan fingerprint density at radius 2 is 1.77 bits per heavy atom. The lowest BCUT2D eigenvalue weighted by atomic mass is 9.97. The van der Waals surface area contributed by atoms with Gasteiger partial charge in [-0.15, -0.1) is 0 Å². The number of fused-ring (bicyclic) bond motifs is 1. The van der Waals surface area contributed by atoms with Crippen LogP contribution in [0.5, 0.6) is 0 Å². The molecule has 9 heteroatoms. The van der Waals surface area contributed by atoms with Crippen LogP contribution in [-0.4, -0.2) is 58.3 Å². The molecule has 1 amide bonds. The number of benzene rings is 1. The number of amides is 1. The first-order valence-corrected chi connectivity index (χ1v) is 10.5. The third-order valence-electron chi connectivity index (χ3n) is 5.42. The van der Waals surface area contributed by atoms with E-state index < -0.39 is 12.1 Å². The summed E-state index contributed by atoms with van der Waals surface area (Å²) in [5.41, 5.74) is -0.291. The number of carbonyl (C=O) groups excluding carboxylic acids is 3. The van der Waals surface area contributed by atoms with E-state index in [1.165, 1.54) is 11.6 Å². The third kappa shape index (κ3) is 4.76. The van der Waals surface area contributed by atoms with Crippen molar-refractivity contribution in [3.8, 4) is 0 Å². The number of hydrogen-bond acceptors (Lipinski definition) is 7. The van der Waals surface area contributed by atoms with Gasteiger partial charge in [-0.05, 0) is 39.7 Å². The summed E-state index contributed by atoms with van der Waals surface area (Å²) >= 11 is 0. The van der Waals surface area contributed by atoms with Crippen molar-refractivity contribution in [2.75, 3.05) is 19.7 Å². The Balaban J connectivity index is 1.70.